The van der Waals surface area contributed by atoms with Gasteiger partial charge in [-0.1, -0.05) is 27.7 Å². The van der Waals surface area contributed by atoms with E-state index < -0.39 is 0 Å². The Balaban J connectivity index is 1.99. The maximum absolute atomic E-state index is 12.1. The Hall–Kier alpha value is -0.730. The Morgan fingerprint density at radius 3 is 2.12 bits per heavy atom. The van der Waals surface area contributed by atoms with E-state index in [2.05, 4.69) is 27.7 Å². The largest absolute Gasteiger partial charge is 0.325 e. The molecule has 16 heavy (non-hydrogen) atoms. The smallest absolute Gasteiger partial charge is 0.320 e. The van der Waals surface area contributed by atoms with E-state index in [1.54, 1.807) is 0 Å². The molecule has 0 aromatic carbocycles. The summed E-state index contributed by atoms with van der Waals surface area (Å²) in [6.45, 7) is 12.9. The van der Waals surface area contributed by atoms with Gasteiger partial charge in [0.25, 0.3) is 0 Å². The van der Waals surface area contributed by atoms with Crippen LogP contribution in [0.1, 0.15) is 40.5 Å². The lowest BCUT2D eigenvalue weighted by Crippen LogP contribution is -2.49. The van der Waals surface area contributed by atoms with Crippen LogP contribution in [0.4, 0.5) is 4.79 Å². The van der Waals surface area contributed by atoms with Crippen molar-refractivity contribution in [3.8, 4) is 0 Å². The molecule has 0 spiro atoms. The molecule has 92 valence electrons. The summed E-state index contributed by atoms with van der Waals surface area (Å²) in [6, 6.07) is 0.263. The van der Waals surface area contributed by atoms with Crippen LogP contribution in [0.2, 0.25) is 0 Å². The van der Waals surface area contributed by atoms with E-state index in [0.29, 0.717) is 0 Å². The molecule has 0 radical (unpaired) electrons. The van der Waals surface area contributed by atoms with Gasteiger partial charge in [-0.3, -0.25) is 0 Å². The number of nitrogens with zero attached hydrogens (tertiary/aromatic N) is 2. The molecule has 0 aromatic heterocycles. The normalized spacial score (nSPS) is 30.5. The molecule has 0 bridgehead atoms. The van der Waals surface area contributed by atoms with Crippen LogP contribution in [-0.4, -0.2) is 42.0 Å². The third kappa shape index (κ3) is 1.80. The maximum atomic E-state index is 12.1. The lowest BCUT2D eigenvalue weighted by atomic mass is 9.67. The van der Waals surface area contributed by atoms with Crippen molar-refractivity contribution in [1.29, 1.82) is 0 Å². The van der Waals surface area contributed by atoms with E-state index in [0.717, 1.165) is 32.6 Å². The number of amides is 2. The summed E-state index contributed by atoms with van der Waals surface area (Å²) in [7, 11) is 0. The molecular formula is C13H24N2O. The van der Waals surface area contributed by atoms with Crippen LogP contribution in [0.3, 0.4) is 0 Å². The molecule has 2 saturated heterocycles. The first kappa shape index (κ1) is 11.7. The van der Waals surface area contributed by atoms with E-state index in [4.69, 9.17) is 0 Å². The lowest BCUT2D eigenvalue weighted by Gasteiger charge is -2.40. The number of likely N-dealkylation sites (tertiary alicyclic amines) is 2. The molecule has 2 amide bonds. The average molecular weight is 224 g/mol. The zero-order valence-electron chi connectivity index (χ0n) is 11.0. The highest BCUT2D eigenvalue weighted by Crippen LogP contribution is 2.45. The fourth-order valence-corrected chi connectivity index (χ4v) is 2.44. The summed E-state index contributed by atoms with van der Waals surface area (Å²) in [4.78, 5) is 16.1. The second kappa shape index (κ2) is 3.64. The van der Waals surface area contributed by atoms with Gasteiger partial charge in [0.1, 0.15) is 0 Å². The molecule has 3 heteroatoms. The van der Waals surface area contributed by atoms with E-state index >= 15 is 0 Å². The molecule has 3 nitrogen and oxygen atoms in total. The first-order chi connectivity index (χ1) is 7.33. The highest BCUT2D eigenvalue weighted by molar-refractivity contribution is 5.75. The van der Waals surface area contributed by atoms with Crippen molar-refractivity contribution in [3.63, 3.8) is 0 Å². The predicted octanol–water partition coefficient (Wildman–Crippen LogP) is 2.57. The molecule has 1 atom stereocenters. The predicted molar refractivity (Wildman–Crippen MR) is 65.3 cm³/mol. The van der Waals surface area contributed by atoms with Gasteiger partial charge < -0.3 is 9.80 Å². The molecular weight excluding hydrogens is 200 g/mol. The van der Waals surface area contributed by atoms with Crippen molar-refractivity contribution in [3.05, 3.63) is 0 Å². The summed E-state index contributed by atoms with van der Waals surface area (Å²) < 4.78 is 0. The minimum Gasteiger partial charge on any atom is -0.325 e. The maximum Gasteiger partial charge on any atom is 0.320 e. The monoisotopic (exact) mass is 224 g/mol. The fraction of sp³-hybridized carbons (Fsp3) is 0.923. The molecule has 2 aliphatic rings. The molecule has 0 saturated carbocycles. The molecule has 0 N–H and O–H groups in total. The molecule has 2 fully saturated rings. The summed E-state index contributed by atoms with van der Waals surface area (Å²) in [6.07, 6.45) is 2.31. The zero-order chi connectivity index (χ0) is 12.0. The van der Waals surface area contributed by atoms with Crippen LogP contribution < -0.4 is 0 Å². The van der Waals surface area contributed by atoms with Crippen molar-refractivity contribution >= 4 is 6.03 Å². The van der Waals surface area contributed by atoms with Crippen LogP contribution in [0.15, 0.2) is 0 Å². The number of carbonyl (C=O) groups excluding carboxylic acids is 1. The number of hydrogen-bond acceptors (Lipinski definition) is 1. The van der Waals surface area contributed by atoms with Crippen LogP contribution in [0, 0.1) is 10.8 Å². The number of rotatable bonds is 0. The van der Waals surface area contributed by atoms with E-state index in [9.17, 15) is 4.79 Å². The van der Waals surface area contributed by atoms with Crippen LogP contribution >= 0.6 is 0 Å². The summed E-state index contributed by atoms with van der Waals surface area (Å²) >= 11 is 0. The van der Waals surface area contributed by atoms with Crippen molar-refractivity contribution in [2.45, 2.75) is 40.5 Å². The first-order valence-electron chi connectivity index (χ1n) is 6.37. The fourth-order valence-electron chi connectivity index (χ4n) is 2.44. The standard InChI is InChI=1S/C13H24N2O/c1-12(2,3)13(4)6-9-15(10-13)11(16)14-7-5-8-14/h5-10H2,1-4H3/t13-/m1/s1. The van der Waals surface area contributed by atoms with Gasteiger partial charge in [-0.05, 0) is 23.7 Å². The molecule has 0 aliphatic carbocycles. The molecule has 2 aliphatic heterocycles. The zero-order valence-corrected chi connectivity index (χ0v) is 11.0. The molecule has 0 aromatic rings. The lowest BCUT2D eigenvalue weighted by molar-refractivity contribution is 0.102. The summed E-state index contributed by atoms with van der Waals surface area (Å²) in [5, 5.41) is 0. The number of urea groups is 1. The Bertz CT molecular complexity index is 291. The van der Waals surface area contributed by atoms with Gasteiger partial charge in [0, 0.05) is 26.2 Å². The van der Waals surface area contributed by atoms with Crippen molar-refractivity contribution < 1.29 is 4.79 Å². The van der Waals surface area contributed by atoms with Crippen molar-refractivity contribution in [2.24, 2.45) is 10.8 Å². The van der Waals surface area contributed by atoms with Gasteiger partial charge in [0.2, 0.25) is 0 Å². The van der Waals surface area contributed by atoms with Crippen molar-refractivity contribution in [2.75, 3.05) is 26.2 Å². The minimum absolute atomic E-state index is 0.263. The molecule has 0 unspecified atom stereocenters. The summed E-state index contributed by atoms with van der Waals surface area (Å²) in [5.74, 6) is 0. The van der Waals surface area contributed by atoms with Crippen LogP contribution in [-0.2, 0) is 0 Å². The second-order valence-electron chi connectivity index (χ2n) is 6.61. The Morgan fingerprint density at radius 1 is 1.12 bits per heavy atom. The van der Waals surface area contributed by atoms with Gasteiger partial charge in [0.05, 0.1) is 0 Å². The number of carbonyl (C=O) groups is 1. The van der Waals surface area contributed by atoms with Gasteiger partial charge in [-0.2, -0.15) is 0 Å². The minimum atomic E-state index is 0.263. The quantitative estimate of drug-likeness (QED) is 0.620. The van der Waals surface area contributed by atoms with E-state index in [1.165, 1.54) is 6.42 Å². The SMILES string of the molecule is CC(C)(C)[C@]1(C)CCN(C(=O)N2CCC2)C1. The Labute approximate surface area is 98.8 Å². The van der Waals surface area contributed by atoms with Gasteiger partial charge >= 0.3 is 6.03 Å². The molecule has 2 heterocycles. The molecule has 2 rings (SSSR count). The summed E-state index contributed by atoms with van der Waals surface area (Å²) in [5.41, 5.74) is 0.546. The Morgan fingerprint density at radius 2 is 1.75 bits per heavy atom. The third-order valence-electron chi connectivity index (χ3n) is 4.68. The third-order valence-corrected chi connectivity index (χ3v) is 4.68. The highest BCUT2D eigenvalue weighted by atomic mass is 16.2. The van der Waals surface area contributed by atoms with Crippen molar-refractivity contribution in [1.82, 2.24) is 9.80 Å². The van der Waals surface area contributed by atoms with Crippen LogP contribution in [0.25, 0.3) is 0 Å². The van der Waals surface area contributed by atoms with Crippen LogP contribution in [0.5, 0.6) is 0 Å². The van der Waals surface area contributed by atoms with Gasteiger partial charge in [-0.25, -0.2) is 4.79 Å². The number of hydrogen-bond donors (Lipinski definition) is 0. The van der Waals surface area contributed by atoms with E-state index in [1.807, 2.05) is 9.80 Å². The Kier molecular flexibility index (Phi) is 2.67. The second-order valence-corrected chi connectivity index (χ2v) is 6.61. The highest BCUT2D eigenvalue weighted by Gasteiger charge is 2.45. The van der Waals surface area contributed by atoms with Gasteiger partial charge in [0.15, 0.2) is 0 Å². The topological polar surface area (TPSA) is 23.6 Å². The van der Waals surface area contributed by atoms with E-state index in [-0.39, 0.29) is 16.9 Å². The van der Waals surface area contributed by atoms with Gasteiger partial charge in [-0.15, -0.1) is 0 Å². The average Bonchev–Trinajstić information content (AvgIpc) is 2.44. The first-order valence-corrected chi connectivity index (χ1v) is 6.37.